The highest BCUT2D eigenvalue weighted by molar-refractivity contribution is 5.93. The molecule has 1 aliphatic rings. The lowest BCUT2D eigenvalue weighted by Gasteiger charge is -2.27. The molecule has 1 fully saturated rings. The van der Waals surface area contributed by atoms with Crippen LogP contribution in [-0.2, 0) is 0 Å². The van der Waals surface area contributed by atoms with E-state index in [0.717, 1.165) is 31.2 Å². The highest BCUT2D eigenvalue weighted by Crippen LogP contribution is 2.30. The van der Waals surface area contributed by atoms with Crippen molar-refractivity contribution in [1.82, 2.24) is 15.0 Å². The second kappa shape index (κ2) is 5.71. The van der Waals surface area contributed by atoms with Crippen LogP contribution in [0.15, 0.2) is 21.3 Å². The van der Waals surface area contributed by atoms with E-state index in [-0.39, 0.29) is 11.9 Å². The average molecular weight is 289 g/mol. The van der Waals surface area contributed by atoms with E-state index in [1.807, 2.05) is 11.8 Å². The zero-order valence-corrected chi connectivity index (χ0v) is 12.3. The minimum Gasteiger partial charge on any atom is -0.459 e. The van der Waals surface area contributed by atoms with Crippen LogP contribution in [-0.4, -0.2) is 27.5 Å². The summed E-state index contributed by atoms with van der Waals surface area (Å²) < 4.78 is 10.4. The highest BCUT2D eigenvalue weighted by atomic mass is 16.5. The van der Waals surface area contributed by atoms with Crippen molar-refractivity contribution in [3.63, 3.8) is 0 Å². The second-order valence-corrected chi connectivity index (χ2v) is 5.47. The molecule has 112 valence electrons. The third-order valence-corrected chi connectivity index (χ3v) is 3.91. The molecule has 3 rings (SSSR count). The smallest absolute Gasteiger partial charge is 0.290 e. The summed E-state index contributed by atoms with van der Waals surface area (Å²) in [6, 6.07) is 1.67. The summed E-state index contributed by atoms with van der Waals surface area (Å²) in [5.41, 5.74) is 0.854. The summed E-state index contributed by atoms with van der Waals surface area (Å²) in [6.45, 7) is 4.33. The molecule has 2 aromatic heterocycles. The number of rotatable bonds is 2. The molecule has 2 aromatic rings. The van der Waals surface area contributed by atoms with Gasteiger partial charge in [-0.1, -0.05) is 18.0 Å². The Morgan fingerprint density at radius 1 is 1.33 bits per heavy atom. The number of furan rings is 1. The number of hydrogen-bond acceptors (Lipinski definition) is 5. The SMILES string of the molecule is Cc1nc([C@@H]2CCCCCN2C(=O)c2occc2C)no1. The fraction of sp³-hybridized carbons (Fsp3) is 0.533. The Labute approximate surface area is 123 Å². The van der Waals surface area contributed by atoms with E-state index in [1.54, 1.807) is 19.3 Å². The van der Waals surface area contributed by atoms with Crippen molar-refractivity contribution in [2.24, 2.45) is 0 Å². The van der Waals surface area contributed by atoms with Crippen molar-refractivity contribution in [1.29, 1.82) is 0 Å². The molecule has 0 bridgehead atoms. The lowest BCUT2D eigenvalue weighted by molar-refractivity contribution is 0.0636. The lowest BCUT2D eigenvalue weighted by atomic mass is 10.1. The molecule has 21 heavy (non-hydrogen) atoms. The van der Waals surface area contributed by atoms with Crippen LogP contribution in [0, 0.1) is 13.8 Å². The number of carbonyl (C=O) groups is 1. The predicted molar refractivity (Wildman–Crippen MR) is 74.7 cm³/mol. The molecule has 6 heteroatoms. The van der Waals surface area contributed by atoms with Crippen LogP contribution < -0.4 is 0 Å². The van der Waals surface area contributed by atoms with Gasteiger partial charge in [-0.3, -0.25) is 4.79 Å². The van der Waals surface area contributed by atoms with Gasteiger partial charge in [-0.2, -0.15) is 4.98 Å². The number of nitrogens with zero attached hydrogens (tertiary/aromatic N) is 3. The molecule has 0 saturated carbocycles. The van der Waals surface area contributed by atoms with Crippen LogP contribution in [0.25, 0.3) is 0 Å². The van der Waals surface area contributed by atoms with E-state index in [4.69, 9.17) is 8.94 Å². The molecule has 0 aliphatic carbocycles. The van der Waals surface area contributed by atoms with Crippen molar-refractivity contribution >= 4 is 5.91 Å². The summed E-state index contributed by atoms with van der Waals surface area (Å²) in [7, 11) is 0. The molecule has 0 unspecified atom stereocenters. The summed E-state index contributed by atoms with van der Waals surface area (Å²) in [5, 5.41) is 4.01. The van der Waals surface area contributed by atoms with Gasteiger partial charge in [-0.25, -0.2) is 0 Å². The van der Waals surface area contributed by atoms with Crippen LogP contribution in [0.2, 0.25) is 0 Å². The predicted octanol–water partition coefficient (Wildman–Crippen LogP) is 3.04. The number of aromatic nitrogens is 2. The van der Waals surface area contributed by atoms with E-state index in [2.05, 4.69) is 10.1 Å². The first-order valence-corrected chi connectivity index (χ1v) is 7.32. The minimum absolute atomic E-state index is 0.0909. The molecule has 0 spiro atoms. The molecule has 1 amide bonds. The maximum absolute atomic E-state index is 12.8. The van der Waals surface area contributed by atoms with E-state index in [1.165, 1.54) is 0 Å². The Balaban J connectivity index is 1.92. The number of amides is 1. The third kappa shape index (κ3) is 2.70. The number of carbonyl (C=O) groups excluding carboxylic acids is 1. The molecule has 1 aliphatic heterocycles. The van der Waals surface area contributed by atoms with Crippen molar-refractivity contribution in [3.05, 3.63) is 35.4 Å². The second-order valence-electron chi connectivity index (χ2n) is 5.47. The van der Waals surface area contributed by atoms with Gasteiger partial charge in [0, 0.05) is 19.0 Å². The molecular formula is C15H19N3O3. The number of likely N-dealkylation sites (tertiary alicyclic amines) is 1. The van der Waals surface area contributed by atoms with Gasteiger partial charge in [0.25, 0.3) is 5.91 Å². The summed E-state index contributed by atoms with van der Waals surface area (Å²) in [4.78, 5) is 18.9. The van der Waals surface area contributed by atoms with Gasteiger partial charge in [-0.15, -0.1) is 0 Å². The van der Waals surface area contributed by atoms with Crippen molar-refractivity contribution in [3.8, 4) is 0 Å². The zero-order valence-electron chi connectivity index (χ0n) is 12.3. The Kier molecular flexibility index (Phi) is 3.77. The van der Waals surface area contributed by atoms with Gasteiger partial charge < -0.3 is 13.8 Å². The number of hydrogen-bond donors (Lipinski definition) is 0. The number of aryl methyl sites for hydroxylation is 2. The molecule has 0 aromatic carbocycles. The summed E-state index contributed by atoms with van der Waals surface area (Å²) in [6.07, 6.45) is 5.55. The molecule has 3 heterocycles. The van der Waals surface area contributed by atoms with E-state index in [0.29, 0.717) is 24.0 Å². The fourth-order valence-electron chi connectivity index (χ4n) is 2.79. The van der Waals surface area contributed by atoms with Crippen LogP contribution in [0.1, 0.15) is 59.6 Å². The third-order valence-electron chi connectivity index (χ3n) is 3.91. The fourth-order valence-corrected chi connectivity index (χ4v) is 2.79. The topological polar surface area (TPSA) is 72.4 Å². The summed E-state index contributed by atoms with van der Waals surface area (Å²) in [5.74, 6) is 1.43. The molecule has 0 N–H and O–H groups in total. The first kappa shape index (κ1) is 13.9. The van der Waals surface area contributed by atoms with Gasteiger partial charge >= 0.3 is 0 Å². The van der Waals surface area contributed by atoms with Crippen molar-refractivity contribution < 1.29 is 13.7 Å². The maximum atomic E-state index is 12.8. The first-order chi connectivity index (χ1) is 10.2. The van der Waals surface area contributed by atoms with Crippen LogP contribution in [0.3, 0.4) is 0 Å². The first-order valence-electron chi connectivity index (χ1n) is 7.32. The lowest BCUT2D eigenvalue weighted by Crippen LogP contribution is -2.35. The van der Waals surface area contributed by atoms with Crippen LogP contribution >= 0.6 is 0 Å². The Morgan fingerprint density at radius 3 is 2.86 bits per heavy atom. The highest BCUT2D eigenvalue weighted by Gasteiger charge is 2.32. The Morgan fingerprint density at radius 2 is 2.19 bits per heavy atom. The molecule has 1 atom stereocenters. The van der Waals surface area contributed by atoms with Crippen molar-refractivity contribution in [2.75, 3.05) is 6.54 Å². The Hall–Kier alpha value is -2.11. The maximum Gasteiger partial charge on any atom is 0.290 e. The Bertz CT molecular complexity index is 632. The van der Waals surface area contributed by atoms with Gasteiger partial charge in [0.05, 0.1) is 12.3 Å². The normalized spacial score (nSPS) is 19.5. The largest absolute Gasteiger partial charge is 0.459 e. The van der Waals surface area contributed by atoms with Gasteiger partial charge in [0.1, 0.15) is 0 Å². The average Bonchev–Trinajstić information content (AvgIpc) is 3.00. The van der Waals surface area contributed by atoms with E-state index in [9.17, 15) is 4.79 Å². The van der Waals surface area contributed by atoms with Gasteiger partial charge in [0.2, 0.25) is 5.89 Å². The van der Waals surface area contributed by atoms with Gasteiger partial charge in [0.15, 0.2) is 11.6 Å². The molecule has 6 nitrogen and oxygen atoms in total. The van der Waals surface area contributed by atoms with Gasteiger partial charge in [-0.05, 0) is 25.8 Å². The standard InChI is InChI=1S/C15H19N3O3/c1-10-7-9-20-13(10)15(19)18-8-5-3-4-6-12(18)14-16-11(2)21-17-14/h7,9,12H,3-6,8H2,1-2H3/t12-/m0/s1. The van der Waals surface area contributed by atoms with E-state index >= 15 is 0 Å². The molecule has 1 saturated heterocycles. The van der Waals surface area contributed by atoms with E-state index < -0.39 is 0 Å². The molecular weight excluding hydrogens is 270 g/mol. The van der Waals surface area contributed by atoms with Crippen molar-refractivity contribution in [2.45, 2.75) is 45.6 Å². The minimum atomic E-state index is -0.137. The van der Waals surface area contributed by atoms with Crippen LogP contribution in [0.4, 0.5) is 0 Å². The van der Waals surface area contributed by atoms with Crippen LogP contribution in [0.5, 0.6) is 0 Å². The zero-order chi connectivity index (χ0) is 14.8. The monoisotopic (exact) mass is 289 g/mol. The molecule has 0 radical (unpaired) electrons. The quantitative estimate of drug-likeness (QED) is 0.849. The summed E-state index contributed by atoms with van der Waals surface area (Å²) >= 11 is 0.